The zero-order valence-corrected chi connectivity index (χ0v) is 20.8. The normalized spacial score (nSPS) is 11.7. The minimum atomic E-state index is -1.26. The van der Waals surface area contributed by atoms with Gasteiger partial charge in [0, 0.05) is 25.4 Å². The zero-order chi connectivity index (χ0) is 23.4. The molecule has 174 valence electrons. The van der Waals surface area contributed by atoms with Gasteiger partial charge in [-0.05, 0) is 39.5 Å². The van der Waals surface area contributed by atoms with E-state index in [0.717, 1.165) is 0 Å². The van der Waals surface area contributed by atoms with Gasteiger partial charge in [0.2, 0.25) is 0 Å². The van der Waals surface area contributed by atoms with Gasteiger partial charge in [-0.25, -0.2) is 0 Å². The first-order valence-corrected chi connectivity index (χ1v) is 9.27. The van der Waals surface area contributed by atoms with E-state index in [0.29, 0.717) is 25.0 Å². The predicted octanol–water partition coefficient (Wildman–Crippen LogP) is 1.53. The Morgan fingerprint density at radius 3 is 0.897 bits per heavy atom. The number of esters is 2. The van der Waals surface area contributed by atoms with Crippen LogP contribution in [0.4, 0.5) is 0 Å². The van der Waals surface area contributed by atoms with Crippen molar-refractivity contribution in [3.05, 3.63) is 13.8 Å². The molecule has 0 aromatic rings. The maximum Gasteiger partial charge on any atom is 2.00 e. The molecule has 0 aliphatic heterocycles. The van der Waals surface area contributed by atoms with Crippen LogP contribution in [0.1, 0.15) is 55.4 Å². The number of ether oxygens (including phenoxy) is 2. The summed E-state index contributed by atoms with van der Waals surface area (Å²) in [5.74, 6) is -0.472. The average molecular weight is 458 g/mol. The van der Waals surface area contributed by atoms with Crippen LogP contribution < -0.4 is 0 Å². The monoisotopic (exact) mass is 458 g/mol. The van der Waals surface area contributed by atoms with Gasteiger partial charge in [-0.1, -0.05) is 27.7 Å². The molecule has 0 radical (unpaired) electrons. The third-order valence-corrected chi connectivity index (χ3v) is 1.98. The first-order valence-electron chi connectivity index (χ1n) is 9.27. The van der Waals surface area contributed by atoms with E-state index in [1.165, 1.54) is 0 Å². The summed E-state index contributed by atoms with van der Waals surface area (Å²) in [4.78, 5) is 20.8. The Labute approximate surface area is 191 Å². The molecule has 0 amide bonds. The van der Waals surface area contributed by atoms with Crippen molar-refractivity contribution in [3.8, 4) is 0 Å². The van der Waals surface area contributed by atoms with Gasteiger partial charge in [-0.3, -0.25) is 9.59 Å². The Morgan fingerprint density at radius 2 is 0.862 bits per heavy atom. The van der Waals surface area contributed by atoms with Crippen molar-refractivity contribution >= 4 is 11.9 Å². The molecule has 0 heterocycles. The SMILES string of the molecule is CC(C)CO.CC(C)CO.[CH2-]C(O)C(=O)OC(C)C.[CH2-]C(O)C(=O)OC(C)C.[Ti+2]. The number of hydrogen-bond donors (Lipinski definition) is 4. The second kappa shape index (κ2) is 25.5. The minimum Gasteiger partial charge on any atom is -0.463 e. The van der Waals surface area contributed by atoms with Crippen molar-refractivity contribution in [2.24, 2.45) is 11.8 Å². The van der Waals surface area contributed by atoms with E-state index in [9.17, 15) is 9.59 Å². The third kappa shape index (κ3) is 47.0. The molecule has 0 fully saturated rings. The summed E-state index contributed by atoms with van der Waals surface area (Å²) in [5.41, 5.74) is 0. The standard InChI is InChI=1S/2C6H11O3.2C4H10O.Ti/c2*1-4(2)9-6(8)5(3)7;2*1-4(2)3-5;/h2*4-5,7H,3H2,1-2H3;2*4-5H,3H2,1-2H3;/q2*-1;;;+2. The van der Waals surface area contributed by atoms with Crippen molar-refractivity contribution in [1.29, 1.82) is 0 Å². The maximum absolute atomic E-state index is 10.4. The second-order valence-corrected chi connectivity index (χ2v) is 7.16. The Kier molecular flexibility index (Phi) is 34.4. The van der Waals surface area contributed by atoms with Gasteiger partial charge >= 0.3 is 33.7 Å². The molecular formula is C20H42O8Ti. The summed E-state index contributed by atoms with van der Waals surface area (Å²) in [6.07, 6.45) is -2.89. The van der Waals surface area contributed by atoms with E-state index in [1.54, 1.807) is 27.7 Å². The molecule has 0 bridgehead atoms. The van der Waals surface area contributed by atoms with Crippen LogP contribution >= 0.6 is 0 Å². The molecule has 0 saturated carbocycles. The fourth-order valence-electron chi connectivity index (χ4n) is 0.622. The fourth-order valence-corrected chi connectivity index (χ4v) is 0.622. The van der Waals surface area contributed by atoms with E-state index in [-0.39, 0.29) is 33.9 Å². The number of hydrogen-bond acceptors (Lipinski definition) is 8. The van der Waals surface area contributed by atoms with Crippen molar-refractivity contribution in [1.82, 2.24) is 0 Å². The molecule has 0 aliphatic carbocycles. The molecule has 0 rings (SSSR count). The minimum absolute atomic E-state index is 0. The van der Waals surface area contributed by atoms with Crippen molar-refractivity contribution in [2.45, 2.75) is 79.8 Å². The molecular weight excluding hydrogens is 416 g/mol. The molecule has 0 aromatic heterocycles. The van der Waals surface area contributed by atoms with Crippen LogP contribution in [-0.4, -0.2) is 70.0 Å². The van der Waals surface area contributed by atoms with Crippen LogP contribution in [0, 0.1) is 25.7 Å². The number of aliphatic hydroxyl groups is 4. The summed E-state index contributed by atoms with van der Waals surface area (Å²) in [6.45, 7) is 21.5. The first-order chi connectivity index (χ1) is 12.6. The number of rotatable bonds is 6. The summed E-state index contributed by atoms with van der Waals surface area (Å²) in [7, 11) is 0. The van der Waals surface area contributed by atoms with Crippen LogP contribution in [0.5, 0.6) is 0 Å². The fraction of sp³-hybridized carbons (Fsp3) is 0.800. The quantitative estimate of drug-likeness (QED) is 0.268. The average Bonchev–Trinajstić information content (AvgIpc) is 2.55. The zero-order valence-electron chi connectivity index (χ0n) is 19.2. The molecule has 2 unspecified atom stereocenters. The van der Waals surface area contributed by atoms with E-state index >= 15 is 0 Å². The summed E-state index contributed by atoms with van der Waals surface area (Å²) in [6, 6.07) is 0. The third-order valence-electron chi connectivity index (χ3n) is 1.98. The van der Waals surface area contributed by atoms with Crippen LogP contribution in [-0.2, 0) is 40.8 Å². The van der Waals surface area contributed by atoms with E-state index in [4.69, 9.17) is 20.4 Å². The molecule has 2 atom stereocenters. The maximum atomic E-state index is 10.4. The van der Waals surface area contributed by atoms with E-state index in [2.05, 4.69) is 23.3 Å². The summed E-state index contributed by atoms with van der Waals surface area (Å²) < 4.78 is 9.12. The van der Waals surface area contributed by atoms with Crippen LogP contribution in [0.3, 0.4) is 0 Å². The molecule has 0 saturated heterocycles. The summed E-state index contributed by atoms with van der Waals surface area (Å²) in [5, 5.41) is 33.3. The van der Waals surface area contributed by atoms with E-state index < -0.39 is 24.1 Å². The van der Waals surface area contributed by atoms with Crippen LogP contribution in [0.2, 0.25) is 0 Å². The first kappa shape index (κ1) is 39.0. The molecule has 0 aromatic carbocycles. The molecule has 29 heavy (non-hydrogen) atoms. The number of carbonyl (C=O) groups excluding carboxylic acids is 2. The molecule has 0 aliphatic rings. The predicted molar refractivity (Wildman–Crippen MR) is 109 cm³/mol. The van der Waals surface area contributed by atoms with Crippen LogP contribution in [0.15, 0.2) is 0 Å². The number of aliphatic hydroxyl groups excluding tert-OH is 4. The van der Waals surface area contributed by atoms with Crippen molar-refractivity contribution in [2.75, 3.05) is 13.2 Å². The Bertz CT molecular complexity index is 322. The smallest absolute Gasteiger partial charge is 0.463 e. The summed E-state index contributed by atoms with van der Waals surface area (Å²) >= 11 is 0. The van der Waals surface area contributed by atoms with Gasteiger partial charge in [-0.2, -0.15) is 0 Å². The molecule has 8 nitrogen and oxygen atoms in total. The van der Waals surface area contributed by atoms with Gasteiger partial charge in [0.25, 0.3) is 0 Å². The van der Waals surface area contributed by atoms with Gasteiger partial charge in [0.1, 0.15) is 0 Å². The Balaban J connectivity index is -0.0000000907. The van der Waals surface area contributed by atoms with Crippen LogP contribution in [0.25, 0.3) is 0 Å². The molecule has 9 heteroatoms. The second-order valence-electron chi connectivity index (χ2n) is 7.16. The molecule has 0 spiro atoms. The largest absolute Gasteiger partial charge is 2.00 e. The van der Waals surface area contributed by atoms with Crippen molar-refractivity contribution < 1.29 is 61.2 Å². The Hall–Kier alpha value is -0.506. The van der Waals surface area contributed by atoms with Gasteiger partial charge in [-0.15, -0.1) is 0 Å². The van der Waals surface area contributed by atoms with Gasteiger partial charge in [0.15, 0.2) is 0 Å². The number of carbonyl (C=O) groups is 2. The van der Waals surface area contributed by atoms with Gasteiger partial charge < -0.3 is 43.7 Å². The van der Waals surface area contributed by atoms with E-state index in [1.807, 2.05) is 27.7 Å². The Morgan fingerprint density at radius 1 is 0.690 bits per heavy atom. The topological polar surface area (TPSA) is 134 Å². The van der Waals surface area contributed by atoms with Crippen molar-refractivity contribution in [3.63, 3.8) is 0 Å². The molecule has 4 N–H and O–H groups in total. The van der Waals surface area contributed by atoms with Gasteiger partial charge in [0.05, 0.1) is 12.2 Å².